The molecule has 0 aromatic carbocycles. The molecule has 0 N–H and O–H groups in total. The number of nitrogens with zero attached hydrogens (tertiary/aromatic N) is 3. The maximum absolute atomic E-state index is 12.4. The van der Waals surface area contributed by atoms with E-state index in [1.54, 1.807) is 0 Å². The predicted molar refractivity (Wildman–Crippen MR) is 82.0 cm³/mol. The van der Waals surface area contributed by atoms with Crippen LogP contribution >= 0.6 is 0 Å². The summed E-state index contributed by atoms with van der Waals surface area (Å²) >= 11 is 0. The van der Waals surface area contributed by atoms with Gasteiger partial charge in [0.15, 0.2) is 0 Å². The van der Waals surface area contributed by atoms with Crippen molar-refractivity contribution < 1.29 is 9.53 Å². The number of likely N-dealkylation sites (tertiary alicyclic amines) is 1. The van der Waals surface area contributed by atoms with E-state index >= 15 is 0 Å². The summed E-state index contributed by atoms with van der Waals surface area (Å²) in [5.74, 6) is 0.212. The molecule has 1 aliphatic heterocycles. The van der Waals surface area contributed by atoms with E-state index in [4.69, 9.17) is 4.74 Å². The van der Waals surface area contributed by atoms with Crippen LogP contribution in [0.3, 0.4) is 0 Å². The molecule has 0 radical (unpaired) electrons. The highest BCUT2D eigenvalue weighted by Crippen LogP contribution is 2.19. The van der Waals surface area contributed by atoms with Crippen molar-refractivity contribution in [3.05, 3.63) is 18.0 Å². The van der Waals surface area contributed by atoms with E-state index < -0.39 is 0 Å². The van der Waals surface area contributed by atoms with E-state index in [0.29, 0.717) is 13.0 Å². The molecule has 1 atom stereocenters. The molecule has 1 fully saturated rings. The van der Waals surface area contributed by atoms with Gasteiger partial charge in [-0.25, -0.2) is 0 Å². The zero-order valence-electron chi connectivity index (χ0n) is 13.4. The highest BCUT2D eigenvalue weighted by Gasteiger charge is 2.26. The SMILES string of the molecule is Cc1cnn(C[C@@H]2CCCCN2C(=O)CCOC(C)C)c1. The lowest BCUT2D eigenvalue weighted by atomic mass is 10.0. The summed E-state index contributed by atoms with van der Waals surface area (Å²) in [6.07, 6.45) is 7.93. The molecule has 0 bridgehead atoms. The first-order valence-corrected chi connectivity index (χ1v) is 7.96. The monoisotopic (exact) mass is 293 g/mol. The Morgan fingerprint density at radius 3 is 2.95 bits per heavy atom. The van der Waals surface area contributed by atoms with Crippen LogP contribution in [0.15, 0.2) is 12.4 Å². The molecule has 1 saturated heterocycles. The van der Waals surface area contributed by atoms with E-state index in [1.165, 1.54) is 6.42 Å². The highest BCUT2D eigenvalue weighted by atomic mass is 16.5. The second-order valence-electron chi connectivity index (χ2n) is 6.15. The highest BCUT2D eigenvalue weighted by molar-refractivity contribution is 5.76. The van der Waals surface area contributed by atoms with Crippen molar-refractivity contribution in [2.24, 2.45) is 0 Å². The Kier molecular flexibility index (Phi) is 5.79. The van der Waals surface area contributed by atoms with E-state index in [1.807, 2.05) is 42.7 Å². The van der Waals surface area contributed by atoms with Gasteiger partial charge >= 0.3 is 0 Å². The lowest BCUT2D eigenvalue weighted by Gasteiger charge is -2.36. The van der Waals surface area contributed by atoms with Crippen LogP contribution in [-0.4, -0.2) is 45.9 Å². The van der Waals surface area contributed by atoms with Crippen LogP contribution in [0.5, 0.6) is 0 Å². The Morgan fingerprint density at radius 2 is 2.29 bits per heavy atom. The number of amides is 1. The normalized spacial score (nSPS) is 19.2. The van der Waals surface area contributed by atoms with Crippen molar-refractivity contribution in [1.82, 2.24) is 14.7 Å². The molecular formula is C16H27N3O2. The zero-order valence-corrected chi connectivity index (χ0v) is 13.4. The fourth-order valence-corrected chi connectivity index (χ4v) is 2.83. The molecule has 5 heteroatoms. The van der Waals surface area contributed by atoms with Gasteiger partial charge in [-0.05, 0) is 45.6 Å². The standard InChI is InChI=1S/C16H27N3O2/c1-13(2)21-9-7-16(20)19-8-5-4-6-15(19)12-18-11-14(3)10-17-18/h10-11,13,15H,4-9,12H2,1-3H3/t15-/m0/s1. The first-order chi connectivity index (χ1) is 10.1. The zero-order chi connectivity index (χ0) is 15.2. The van der Waals surface area contributed by atoms with Crippen molar-refractivity contribution in [3.63, 3.8) is 0 Å². The number of carbonyl (C=O) groups is 1. The minimum atomic E-state index is 0.182. The van der Waals surface area contributed by atoms with Crippen LogP contribution in [0, 0.1) is 6.92 Å². The van der Waals surface area contributed by atoms with Crippen molar-refractivity contribution in [2.75, 3.05) is 13.2 Å². The van der Waals surface area contributed by atoms with Crippen LogP contribution < -0.4 is 0 Å². The third kappa shape index (κ3) is 4.84. The summed E-state index contributed by atoms with van der Waals surface area (Å²) in [4.78, 5) is 14.4. The molecule has 1 aliphatic rings. The third-order valence-corrected chi connectivity index (χ3v) is 3.87. The molecule has 1 aromatic rings. The van der Waals surface area contributed by atoms with Gasteiger partial charge in [-0.15, -0.1) is 0 Å². The van der Waals surface area contributed by atoms with E-state index in [9.17, 15) is 4.79 Å². The van der Waals surface area contributed by atoms with Crippen LogP contribution in [0.1, 0.15) is 45.1 Å². The van der Waals surface area contributed by atoms with Gasteiger partial charge in [0.25, 0.3) is 0 Å². The Balaban J connectivity index is 1.90. The maximum atomic E-state index is 12.4. The molecule has 21 heavy (non-hydrogen) atoms. The first kappa shape index (κ1) is 16.0. The summed E-state index contributed by atoms with van der Waals surface area (Å²) in [6, 6.07) is 0.268. The maximum Gasteiger partial charge on any atom is 0.225 e. The molecule has 0 saturated carbocycles. The van der Waals surface area contributed by atoms with E-state index in [0.717, 1.165) is 31.5 Å². The second-order valence-corrected chi connectivity index (χ2v) is 6.15. The Hall–Kier alpha value is -1.36. The fraction of sp³-hybridized carbons (Fsp3) is 0.750. The summed E-state index contributed by atoms with van der Waals surface area (Å²) in [5.41, 5.74) is 1.16. The second kappa shape index (κ2) is 7.59. The van der Waals surface area contributed by atoms with Gasteiger partial charge in [-0.3, -0.25) is 9.48 Å². The number of piperidine rings is 1. The number of aromatic nitrogens is 2. The van der Waals surface area contributed by atoms with Crippen molar-refractivity contribution in [3.8, 4) is 0 Å². The summed E-state index contributed by atoms with van der Waals surface area (Å²) in [6.45, 7) is 8.20. The van der Waals surface area contributed by atoms with Crippen LogP contribution in [-0.2, 0) is 16.1 Å². The number of rotatable bonds is 6. The fourth-order valence-electron chi connectivity index (χ4n) is 2.83. The molecule has 118 valence electrons. The van der Waals surface area contributed by atoms with E-state index in [2.05, 4.69) is 5.10 Å². The third-order valence-electron chi connectivity index (χ3n) is 3.87. The van der Waals surface area contributed by atoms with Crippen LogP contribution in [0.2, 0.25) is 0 Å². The van der Waals surface area contributed by atoms with E-state index in [-0.39, 0.29) is 18.1 Å². The van der Waals surface area contributed by atoms with Gasteiger partial charge in [-0.1, -0.05) is 0 Å². The largest absolute Gasteiger partial charge is 0.378 e. The molecular weight excluding hydrogens is 266 g/mol. The van der Waals surface area contributed by atoms with Crippen molar-refractivity contribution in [2.45, 2.75) is 65.1 Å². The average molecular weight is 293 g/mol. The molecule has 0 aliphatic carbocycles. The topological polar surface area (TPSA) is 47.4 Å². The number of hydrogen-bond acceptors (Lipinski definition) is 3. The molecule has 1 amide bonds. The molecule has 0 spiro atoms. The predicted octanol–water partition coefficient (Wildman–Crippen LogP) is 2.39. The van der Waals surface area contributed by atoms with Gasteiger partial charge in [-0.2, -0.15) is 5.10 Å². The molecule has 0 unspecified atom stereocenters. The van der Waals surface area contributed by atoms with Gasteiger partial charge in [0.05, 0.1) is 37.9 Å². The number of carbonyl (C=O) groups excluding carboxylic acids is 1. The summed E-state index contributed by atoms with van der Waals surface area (Å²) in [5, 5.41) is 4.34. The van der Waals surface area contributed by atoms with Gasteiger partial charge < -0.3 is 9.64 Å². The Labute approximate surface area is 127 Å². The average Bonchev–Trinajstić information content (AvgIpc) is 2.84. The molecule has 5 nitrogen and oxygen atoms in total. The lowest BCUT2D eigenvalue weighted by molar-refractivity contribution is -0.136. The number of aryl methyl sites for hydroxylation is 1. The van der Waals surface area contributed by atoms with Crippen molar-refractivity contribution >= 4 is 5.91 Å². The molecule has 2 rings (SSSR count). The van der Waals surface area contributed by atoms with Crippen LogP contribution in [0.4, 0.5) is 0 Å². The number of ether oxygens (including phenoxy) is 1. The summed E-state index contributed by atoms with van der Waals surface area (Å²) < 4.78 is 7.45. The smallest absolute Gasteiger partial charge is 0.225 e. The quantitative estimate of drug-likeness (QED) is 0.809. The summed E-state index contributed by atoms with van der Waals surface area (Å²) in [7, 11) is 0. The lowest BCUT2D eigenvalue weighted by Crippen LogP contribution is -2.46. The molecule has 1 aromatic heterocycles. The Bertz CT molecular complexity index is 456. The minimum Gasteiger partial charge on any atom is -0.378 e. The van der Waals surface area contributed by atoms with Gasteiger partial charge in [0.1, 0.15) is 0 Å². The van der Waals surface area contributed by atoms with Gasteiger partial charge in [0.2, 0.25) is 5.91 Å². The first-order valence-electron chi connectivity index (χ1n) is 7.96. The molecule has 2 heterocycles. The van der Waals surface area contributed by atoms with Crippen LogP contribution in [0.25, 0.3) is 0 Å². The Morgan fingerprint density at radius 1 is 1.48 bits per heavy atom. The van der Waals surface area contributed by atoms with Gasteiger partial charge in [0, 0.05) is 12.7 Å². The minimum absolute atomic E-state index is 0.182. The van der Waals surface area contributed by atoms with Crippen molar-refractivity contribution in [1.29, 1.82) is 0 Å². The number of hydrogen-bond donors (Lipinski definition) is 0.